The van der Waals surface area contributed by atoms with Crippen LogP contribution in [0.25, 0.3) is 0 Å². The van der Waals surface area contributed by atoms with Crippen LogP contribution in [0.5, 0.6) is 0 Å². The number of rotatable bonds is 13. The number of carbonyl (C=O) groups excluding carboxylic acids is 1. The first kappa shape index (κ1) is 28.8. The summed E-state index contributed by atoms with van der Waals surface area (Å²) < 4.78 is 35.1. The molecule has 1 aromatic heterocycles. The Labute approximate surface area is 204 Å². The number of esters is 1. The van der Waals surface area contributed by atoms with Gasteiger partial charge in [0.25, 0.3) is 5.56 Å². The molecule has 12 heteroatoms. The first-order valence-electron chi connectivity index (χ1n) is 11.7. The molecule has 0 saturated carbocycles. The normalized spacial score (nSPS) is 25.0. The molecule has 2 rings (SSSR count). The molecule has 1 saturated heterocycles. The molecule has 0 bridgehead atoms. The molecule has 4 atom stereocenters. The van der Waals surface area contributed by atoms with Crippen molar-refractivity contribution in [3.05, 3.63) is 33.1 Å². The first-order valence-corrected chi connectivity index (χ1v) is 15.6. The Balaban J connectivity index is 2.32. The Morgan fingerprint density at radius 2 is 1.94 bits per heavy atom. The van der Waals surface area contributed by atoms with Crippen molar-refractivity contribution in [3.63, 3.8) is 0 Å². The Hall–Kier alpha value is -1.47. The zero-order chi connectivity index (χ0) is 25.5. The maximum absolute atomic E-state index is 16.2. The fourth-order valence-corrected chi connectivity index (χ4v) is 7.56. The van der Waals surface area contributed by atoms with Crippen molar-refractivity contribution >= 4 is 26.0 Å². The summed E-state index contributed by atoms with van der Waals surface area (Å²) >= 11 is 1.60. The predicted molar refractivity (Wildman–Crippen MR) is 131 cm³/mol. The van der Waals surface area contributed by atoms with Crippen LogP contribution in [0.4, 0.5) is 4.39 Å². The highest BCUT2D eigenvalue weighted by atomic mass is 32.2. The van der Waals surface area contributed by atoms with Crippen LogP contribution in [0, 0.1) is 0 Å². The summed E-state index contributed by atoms with van der Waals surface area (Å²) in [6.07, 6.45) is 0.390. The van der Waals surface area contributed by atoms with Crippen molar-refractivity contribution in [3.8, 4) is 0 Å². The molecule has 0 amide bonds. The molecule has 1 fully saturated rings. The van der Waals surface area contributed by atoms with Crippen molar-refractivity contribution in [2.75, 3.05) is 18.6 Å². The molecule has 2 heterocycles. The Morgan fingerprint density at radius 3 is 2.50 bits per heavy atom. The molecule has 194 valence electrons. The van der Waals surface area contributed by atoms with E-state index in [4.69, 9.17) is 13.9 Å². The number of aliphatic hydroxyl groups is 1. The van der Waals surface area contributed by atoms with Crippen molar-refractivity contribution in [2.45, 2.75) is 89.5 Å². The van der Waals surface area contributed by atoms with Gasteiger partial charge in [-0.15, -0.1) is 0 Å². The number of halogens is 1. The van der Waals surface area contributed by atoms with E-state index in [-0.39, 0.29) is 6.42 Å². The summed E-state index contributed by atoms with van der Waals surface area (Å²) in [5, 5.41) is 9.89. The van der Waals surface area contributed by atoms with Crippen molar-refractivity contribution in [1.82, 2.24) is 9.13 Å². The van der Waals surface area contributed by atoms with Crippen LogP contribution in [0.1, 0.15) is 46.8 Å². The van der Waals surface area contributed by atoms with Gasteiger partial charge in [-0.2, -0.15) is 11.8 Å². The predicted octanol–water partition coefficient (Wildman–Crippen LogP) is 2.66. The number of hydrogen-bond acceptors (Lipinski definition) is 8. The van der Waals surface area contributed by atoms with Gasteiger partial charge in [-0.25, -0.2) is 13.8 Å². The number of hydrogen-bond donors (Lipinski definition) is 1. The van der Waals surface area contributed by atoms with Gasteiger partial charge in [0, 0.05) is 18.7 Å². The van der Waals surface area contributed by atoms with E-state index in [1.54, 1.807) is 11.8 Å². The second kappa shape index (κ2) is 12.5. The van der Waals surface area contributed by atoms with Gasteiger partial charge >= 0.3 is 11.7 Å². The minimum Gasteiger partial charge on any atom is -0.444 e. The van der Waals surface area contributed by atoms with E-state index >= 15 is 4.39 Å². The van der Waals surface area contributed by atoms with Crippen molar-refractivity contribution < 1.29 is 28.2 Å². The quantitative estimate of drug-likeness (QED) is 0.240. The third-order valence-corrected chi connectivity index (χ3v) is 11.9. The molecule has 0 spiro atoms. The zero-order valence-electron chi connectivity index (χ0n) is 20.6. The summed E-state index contributed by atoms with van der Waals surface area (Å²) in [5.41, 5.74) is -3.72. The molecular weight excluding hydrogens is 483 g/mol. The van der Waals surface area contributed by atoms with Crippen molar-refractivity contribution in [2.24, 2.45) is 0 Å². The SMILES string of the molecule is CC[Si](CC)(CC)O[C@@H]1[C@@H](CO)O[C@@H](n2ccc(=O)n(COC(=O)CCCSC)c2=O)[C@]1(C)F. The highest BCUT2D eigenvalue weighted by Crippen LogP contribution is 2.44. The largest absolute Gasteiger partial charge is 0.444 e. The van der Waals surface area contributed by atoms with Gasteiger partial charge in [0.15, 0.2) is 26.9 Å². The maximum Gasteiger partial charge on any atom is 0.336 e. The third-order valence-electron chi connectivity index (χ3n) is 6.60. The molecular formula is C22H37FN2O7SSi. The highest BCUT2D eigenvalue weighted by Gasteiger charge is 2.58. The second-order valence-corrected chi connectivity index (χ2v) is 14.4. The third kappa shape index (κ3) is 6.20. The monoisotopic (exact) mass is 520 g/mol. The number of thioether (sulfide) groups is 1. The Bertz CT molecular complexity index is 926. The van der Waals surface area contributed by atoms with Crippen LogP contribution in [-0.4, -0.2) is 65.0 Å². The minimum atomic E-state index is -2.27. The fraction of sp³-hybridized carbons (Fsp3) is 0.773. The first-order chi connectivity index (χ1) is 16.1. The molecule has 1 aliphatic heterocycles. The molecule has 0 radical (unpaired) electrons. The van der Waals surface area contributed by atoms with E-state index in [2.05, 4.69) is 0 Å². The average Bonchev–Trinajstić information content (AvgIpc) is 3.06. The van der Waals surface area contributed by atoms with E-state index in [0.717, 1.165) is 45.3 Å². The molecule has 0 aromatic carbocycles. The smallest absolute Gasteiger partial charge is 0.336 e. The molecule has 34 heavy (non-hydrogen) atoms. The second-order valence-electron chi connectivity index (χ2n) is 8.66. The maximum atomic E-state index is 16.2. The highest BCUT2D eigenvalue weighted by molar-refractivity contribution is 7.98. The summed E-state index contributed by atoms with van der Waals surface area (Å²) in [7, 11) is -2.27. The number of aromatic nitrogens is 2. The minimum absolute atomic E-state index is 0.167. The van der Waals surface area contributed by atoms with Gasteiger partial charge in [0.05, 0.1) is 6.61 Å². The van der Waals surface area contributed by atoms with E-state index in [1.165, 1.54) is 6.92 Å². The van der Waals surface area contributed by atoms with Gasteiger partial charge in [0.2, 0.25) is 0 Å². The lowest BCUT2D eigenvalue weighted by atomic mass is 9.98. The molecule has 0 aliphatic carbocycles. The number of ether oxygens (including phenoxy) is 2. The lowest BCUT2D eigenvalue weighted by Crippen LogP contribution is -2.52. The van der Waals surface area contributed by atoms with E-state index in [1.807, 2.05) is 27.0 Å². The zero-order valence-corrected chi connectivity index (χ0v) is 22.4. The van der Waals surface area contributed by atoms with Crippen LogP contribution in [0.15, 0.2) is 21.9 Å². The standard InChI is InChI=1S/C22H37FN2O7SSi/c1-6-34(7-2,8-3)32-19-16(14-26)31-20(22(19,4)23)24-12-11-17(27)25(21(24)29)15-30-18(28)10-9-13-33-5/h11-12,16,19-20,26H,6-10,13-15H2,1-5H3/t16-,19-,20-,22-/m1/s1. The molecule has 0 unspecified atom stereocenters. The lowest BCUT2D eigenvalue weighted by Gasteiger charge is -2.37. The van der Waals surface area contributed by atoms with Crippen LogP contribution >= 0.6 is 11.8 Å². The lowest BCUT2D eigenvalue weighted by molar-refractivity contribution is -0.147. The topological polar surface area (TPSA) is 109 Å². The number of carbonyl (C=O) groups is 1. The fourth-order valence-electron chi connectivity index (χ4n) is 4.21. The Morgan fingerprint density at radius 1 is 1.29 bits per heavy atom. The van der Waals surface area contributed by atoms with Crippen molar-refractivity contribution in [1.29, 1.82) is 0 Å². The number of aliphatic hydroxyl groups excluding tert-OH is 1. The van der Waals surface area contributed by atoms with Gasteiger partial charge in [-0.1, -0.05) is 20.8 Å². The van der Waals surface area contributed by atoms with E-state index in [0.29, 0.717) is 6.42 Å². The summed E-state index contributed by atoms with van der Waals surface area (Å²) in [6, 6.07) is 3.43. The van der Waals surface area contributed by atoms with Crippen LogP contribution < -0.4 is 11.2 Å². The summed E-state index contributed by atoms with van der Waals surface area (Å²) in [5.74, 6) is 0.256. The summed E-state index contributed by atoms with van der Waals surface area (Å²) in [4.78, 5) is 37.3. The van der Waals surface area contributed by atoms with Crippen LogP contribution in [-0.2, 0) is 25.4 Å². The van der Waals surface area contributed by atoms with Crippen LogP contribution in [0.2, 0.25) is 18.1 Å². The molecule has 1 N–H and O–H groups in total. The van der Waals surface area contributed by atoms with Crippen LogP contribution in [0.3, 0.4) is 0 Å². The van der Waals surface area contributed by atoms with E-state index in [9.17, 15) is 19.5 Å². The number of nitrogens with zero attached hydrogens (tertiary/aromatic N) is 2. The van der Waals surface area contributed by atoms with Gasteiger partial charge in [0.1, 0.15) is 12.2 Å². The van der Waals surface area contributed by atoms with E-state index < -0.39 is 63.0 Å². The van der Waals surface area contributed by atoms with Gasteiger partial charge in [-0.3, -0.25) is 14.2 Å². The summed E-state index contributed by atoms with van der Waals surface area (Å²) in [6.45, 7) is 6.26. The molecule has 1 aromatic rings. The number of alkyl halides is 1. The Kier molecular flexibility index (Phi) is 10.6. The molecule has 1 aliphatic rings. The van der Waals surface area contributed by atoms with Gasteiger partial charge in [-0.05, 0) is 43.5 Å². The van der Waals surface area contributed by atoms with Gasteiger partial charge < -0.3 is 19.0 Å². The molecule has 9 nitrogen and oxygen atoms in total. The average molecular weight is 521 g/mol.